The third-order valence-corrected chi connectivity index (χ3v) is 2.21. The van der Waals surface area contributed by atoms with Gasteiger partial charge in [0.25, 0.3) is 0 Å². The first-order chi connectivity index (χ1) is 12.2. The molecule has 1 aliphatic heterocycles. The molecule has 0 aromatic carbocycles. The van der Waals surface area contributed by atoms with Crippen LogP contribution in [0.5, 0.6) is 0 Å². The average molecular weight is 340 g/mol. The molecule has 0 spiro atoms. The normalized spacial score (nSPS) is 36.8. The van der Waals surface area contributed by atoms with E-state index in [4.69, 9.17) is 17.1 Å². The van der Waals surface area contributed by atoms with Crippen LogP contribution in [0.15, 0.2) is 10.8 Å². The lowest BCUT2D eigenvalue weighted by Crippen LogP contribution is -2.42. The number of nitrogens with zero attached hydrogens (tertiary/aromatic N) is 4. The Morgan fingerprint density at radius 1 is 1.58 bits per heavy atom. The van der Waals surface area contributed by atoms with E-state index in [1.807, 2.05) is 0 Å². The maximum atomic E-state index is 12.6. The van der Waals surface area contributed by atoms with E-state index >= 15 is 0 Å². The number of hydrogen-bond donors (Lipinski definition) is 0. The third kappa shape index (κ3) is 3.92. The highest BCUT2D eigenvalue weighted by molar-refractivity contribution is 9.10. The third-order valence-electron chi connectivity index (χ3n) is 1.84. The van der Waals surface area contributed by atoms with E-state index in [9.17, 15) is 4.79 Å². The number of amides is 1. The van der Waals surface area contributed by atoms with Gasteiger partial charge in [0.15, 0.2) is 0 Å². The molecule has 106 valence electrons. The van der Waals surface area contributed by atoms with Crippen molar-refractivity contribution in [2.75, 3.05) is 13.0 Å². The van der Waals surface area contributed by atoms with Gasteiger partial charge >= 0.3 is 6.09 Å². The first-order valence-corrected chi connectivity index (χ1v) is 6.16. The minimum Gasteiger partial charge on any atom is -0.444 e. The van der Waals surface area contributed by atoms with Gasteiger partial charge in [0.2, 0.25) is 0 Å². The lowest BCUT2D eigenvalue weighted by atomic mass is 10.1. The summed E-state index contributed by atoms with van der Waals surface area (Å²) in [6.07, 6.45) is -7.65. The van der Waals surface area contributed by atoms with Gasteiger partial charge < -0.3 is 9.64 Å². The van der Waals surface area contributed by atoms with E-state index < -0.39 is 43.5 Å². The van der Waals surface area contributed by atoms with Gasteiger partial charge in [-0.25, -0.2) is 9.48 Å². The minimum atomic E-state index is -3.50. The van der Waals surface area contributed by atoms with Crippen molar-refractivity contribution >= 4 is 22.0 Å². The zero-order valence-corrected chi connectivity index (χ0v) is 12.1. The smallest absolute Gasteiger partial charge is 0.410 e. The highest BCUT2D eigenvalue weighted by Gasteiger charge is 2.27. The molecule has 0 atom stereocenters. The number of aromatic nitrogens is 3. The summed E-state index contributed by atoms with van der Waals surface area (Å²) in [4.78, 5) is 12.3. The van der Waals surface area contributed by atoms with E-state index in [0.717, 1.165) is 6.20 Å². The molecule has 0 bridgehead atoms. The van der Waals surface area contributed by atoms with Crippen molar-refractivity contribution < 1.29 is 21.9 Å². The molecule has 1 fully saturated rings. The lowest BCUT2D eigenvalue weighted by molar-refractivity contribution is 0.0184. The summed E-state index contributed by atoms with van der Waals surface area (Å²) in [5, 5.41) is 6.94. The number of carbonyl (C=O) groups excluding carboxylic acids is 1. The topological polar surface area (TPSA) is 60.2 Å². The van der Waals surface area contributed by atoms with Crippen LogP contribution in [-0.4, -0.2) is 44.6 Å². The second kappa shape index (κ2) is 5.48. The molecule has 2 heterocycles. The van der Waals surface area contributed by atoms with Gasteiger partial charge in [0.1, 0.15) is 10.2 Å². The first kappa shape index (κ1) is 6.56. The fourth-order valence-corrected chi connectivity index (χ4v) is 1.41. The molecule has 7 heteroatoms. The number of carbonyl (C=O) groups is 1. The molecule has 2 rings (SSSR count). The van der Waals surface area contributed by atoms with E-state index in [1.165, 1.54) is 20.8 Å². The van der Waals surface area contributed by atoms with Crippen LogP contribution in [0.25, 0.3) is 0 Å². The molecule has 0 unspecified atom stereocenters. The number of piperidine rings is 1. The van der Waals surface area contributed by atoms with Gasteiger partial charge in [-0.05, 0) is 49.4 Å². The molecule has 19 heavy (non-hydrogen) atoms. The maximum absolute atomic E-state index is 12.6. The quantitative estimate of drug-likeness (QED) is 0.788. The van der Waals surface area contributed by atoms with Gasteiger partial charge in [-0.2, -0.15) is 0 Å². The van der Waals surface area contributed by atoms with E-state index in [1.54, 1.807) is 0 Å². The fourth-order valence-electron chi connectivity index (χ4n) is 1.14. The van der Waals surface area contributed by atoms with Gasteiger partial charge in [0.05, 0.1) is 13.6 Å². The summed E-state index contributed by atoms with van der Waals surface area (Å²) in [6, 6.07) is -3.27. The highest BCUT2D eigenvalue weighted by atomic mass is 79.9. The van der Waals surface area contributed by atoms with Crippen molar-refractivity contribution in [3.8, 4) is 0 Å². The lowest BCUT2D eigenvalue weighted by Gasteiger charge is -2.33. The minimum absolute atomic E-state index is 0.00131. The first-order valence-electron chi connectivity index (χ1n) is 9.87. The Kier molecular flexibility index (Phi) is 1.89. The standard InChI is InChI=1S/C12H19BrN4O2/c1-12(2,3)19-11(18)16-6-4-9(5-7-16)17-8-10(13)14-15-17/h8-9H,4-7H2,1-3H3/i4D2,5D2,6D2,7D2,9D. The zero-order valence-electron chi connectivity index (χ0n) is 19.6. The monoisotopic (exact) mass is 339 g/mol. The molecule has 1 saturated heterocycles. The fraction of sp³-hybridized carbons (Fsp3) is 0.750. The Labute approximate surface area is 133 Å². The summed E-state index contributed by atoms with van der Waals surface area (Å²) >= 11 is 2.93. The van der Waals surface area contributed by atoms with Crippen LogP contribution < -0.4 is 0 Å². The van der Waals surface area contributed by atoms with Crippen LogP contribution in [0.4, 0.5) is 4.79 Å². The SMILES string of the molecule is [2H]C1([2H])N(C(=O)OC(C)(C)C)C([2H])([2H])C([2H])([2H])C([2H])(n2cc(Br)nn2)C1([2H])[2H]. The van der Waals surface area contributed by atoms with Crippen LogP contribution in [0.1, 0.15) is 51.9 Å². The molecule has 0 N–H and O–H groups in total. The summed E-state index contributed by atoms with van der Waals surface area (Å²) in [7, 11) is 0. The Bertz CT molecular complexity index is 764. The number of ether oxygens (including phenoxy) is 1. The summed E-state index contributed by atoms with van der Waals surface area (Å²) in [6.45, 7) is -2.68. The van der Waals surface area contributed by atoms with Crippen molar-refractivity contribution in [3.05, 3.63) is 10.8 Å². The average Bonchev–Trinajstić information content (AvgIpc) is 2.88. The molecular weight excluding hydrogens is 312 g/mol. The number of halogens is 1. The highest BCUT2D eigenvalue weighted by Crippen LogP contribution is 2.23. The van der Waals surface area contributed by atoms with Gasteiger partial charge in [-0.1, -0.05) is 5.21 Å². The van der Waals surface area contributed by atoms with Crippen LogP contribution >= 0.6 is 15.9 Å². The van der Waals surface area contributed by atoms with Crippen LogP contribution in [-0.2, 0) is 4.74 Å². The second-order valence-corrected chi connectivity index (χ2v) is 5.44. The Balaban J connectivity index is 2.78. The molecule has 6 nitrogen and oxygen atoms in total. The van der Waals surface area contributed by atoms with Gasteiger partial charge in [-0.3, -0.25) is 0 Å². The number of rotatable bonds is 1. The van der Waals surface area contributed by atoms with E-state index in [-0.39, 0.29) is 9.50 Å². The van der Waals surface area contributed by atoms with Gasteiger partial charge in [0, 0.05) is 24.0 Å². The Morgan fingerprint density at radius 3 is 2.68 bits per heavy atom. The van der Waals surface area contributed by atoms with E-state index in [2.05, 4.69) is 26.2 Å². The number of likely N-dealkylation sites (tertiary alicyclic amines) is 1. The van der Waals surface area contributed by atoms with Crippen molar-refractivity contribution in [1.29, 1.82) is 0 Å². The molecule has 1 aromatic heterocycles. The molecule has 0 aliphatic carbocycles. The predicted octanol–water partition coefficient (Wildman–Crippen LogP) is 2.61. The van der Waals surface area contributed by atoms with Crippen LogP contribution in [0.3, 0.4) is 0 Å². The summed E-state index contributed by atoms with van der Waals surface area (Å²) < 4.78 is 79.7. The van der Waals surface area contributed by atoms with Crippen LogP contribution in [0, 0.1) is 0 Å². The summed E-state index contributed by atoms with van der Waals surface area (Å²) in [5.74, 6) is 0. The Morgan fingerprint density at radius 2 is 2.21 bits per heavy atom. The second-order valence-electron chi connectivity index (χ2n) is 4.62. The number of hydrogen-bond acceptors (Lipinski definition) is 4. The van der Waals surface area contributed by atoms with E-state index in [0.29, 0.717) is 4.68 Å². The molecule has 1 aliphatic rings. The molecule has 1 aromatic rings. The Hall–Kier alpha value is -1.11. The van der Waals surface area contributed by atoms with Crippen molar-refractivity contribution in [3.63, 3.8) is 0 Å². The van der Waals surface area contributed by atoms with Crippen molar-refractivity contribution in [2.24, 2.45) is 0 Å². The molecular formula is C12H19BrN4O2. The molecule has 0 saturated carbocycles. The maximum Gasteiger partial charge on any atom is 0.410 e. The largest absolute Gasteiger partial charge is 0.444 e. The zero-order chi connectivity index (χ0) is 22.1. The molecule has 0 radical (unpaired) electrons. The van der Waals surface area contributed by atoms with Crippen molar-refractivity contribution in [2.45, 2.75) is 45.1 Å². The predicted molar refractivity (Wildman–Crippen MR) is 73.8 cm³/mol. The molecule has 1 amide bonds. The van der Waals surface area contributed by atoms with Crippen LogP contribution in [0.2, 0.25) is 0 Å². The van der Waals surface area contributed by atoms with Crippen molar-refractivity contribution in [1.82, 2.24) is 19.9 Å². The van der Waals surface area contributed by atoms with Gasteiger partial charge in [-0.15, -0.1) is 5.10 Å². The summed E-state index contributed by atoms with van der Waals surface area (Å²) in [5.41, 5.74) is -1.19.